The van der Waals surface area contributed by atoms with Crippen molar-refractivity contribution in [3.8, 4) is 0 Å². The fraction of sp³-hybridized carbons (Fsp3) is 0.400. The summed E-state index contributed by atoms with van der Waals surface area (Å²) in [5.41, 5.74) is 1.99. The third-order valence-electron chi connectivity index (χ3n) is 6.57. The van der Waals surface area contributed by atoms with Gasteiger partial charge < -0.3 is 10.1 Å². The standard InChI is InChI=1S/C25H27N3O3S/c1-31-23(29)21-20(27-24(30)25(12-13-25)17-8-4-2-5-9-17)19-11-10-18(26-22(19)32-21)16-28-14-6-3-7-15-28/h2,4-5,8-11H,3,6-7,12-16H2,1H3,(H,27,30). The Hall–Kier alpha value is -2.77. The highest BCUT2D eigenvalue weighted by Crippen LogP contribution is 2.49. The lowest BCUT2D eigenvalue weighted by molar-refractivity contribution is -0.118. The van der Waals surface area contributed by atoms with E-state index >= 15 is 0 Å². The summed E-state index contributed by atoms with van der Waals surface area (Å²) in [6.07, 6.45) is 5.36. The van der Waals surface area contributed by atoms with Crippen LogP contribution in [0.15, 0.2) is 42.5 Å². The normalized spacial score (nSPS) is 17.8. The number of methoxy groups -OCH3 is 1. The number of anilines is 1. The summed E-state index contributed by atoms with van der Waals surface area (Å²) in [5.74, 6) is -0.531. The number of rotatable bonds is 6. The fourth-order valence-electron chi connectivity index (χ4n) is 4.57. The van der Waals surface area contributed by atoms with E-state index in [0.29, 0.717) is 10.6 Å². The van der Waals surface area contributed by atoms with Gasteiger partial charge in [0, 0.05) is 11.9 Å². The number of nitrogens with one attached hydrogen (secondary N) is 1. The van der Waals surface area contributed by atoms with Crippen molar-refractivity contribution >= 4 is 39.1 Å². The molecule has 3 heterocycles. The number of carbonyl (C=O) groups is 2. The molecule has 2 aliphatic rings. The maximum absolute atomic E-state index is 13.3. The quantitative estimate of drug-likeness (QED) is 0.551. The van der Waals surface area contributed by atoms with Gasteiger partial charge in [0.2, 0.25) is 5.91 Å². The monoisotopic (exact) mass is 449 g/mol. The smallest absolute Gasteiger partial charge is 0.350 e. The van der Waals surface area contributed by atoms with E-state index < -0.39 is 11.4 Å². The molecule has 0 atom stereocenters. The van der Waals surface area contributed by atoms with E-state index in [1.54, 1.807) is 0 Å². The van der Waals surface area contributed by atoms with E-state index in [9.17, 15) is 9.59 Å². The molecule has 1 aliphatic carbocycles. The summed E-state index contributed by atoms with van der Waals surface area (Å²) in [7, 11) is 1.36. The lowest BCUT2D eigenvalue weighted by Crippen LogP contribution is -2.29. The highest BCUT2D eigenvalue weighted by Gasteiger charge is 2.51. The number of pyridine rings is 1. The summed E-state index contributed by atoms with van der Waals surface area (Å²) >= 11 is 1.28. The van der Waals surface area contributed by atoms with Crippen LogP contribution in [-0.2, 0) is 21.5 Å². The number of aromatic nitrogens is 1. The lowest BCUT2D eigenvalue weighted by atomic mass is 9.95. The van der Waals surface area contributed by atoms with Crippen LogP contribution < -0.4 is 5.32 Å². The first-order valence-electron chi connectivity index (χ1n) is 11.2. The second-order valence-corrected chi connectivity index (χ2v) is 9.69. The second kappa shape index (κ2) is 8.64. The predicted molar refractivity (Wildman–Crippen MR) is 126 cm³/mol. The fourth-order valence-corrected chi connectivity index (χ4v) is 5.64. The second-order valence-electron chi connectivity index (χ2n) is 8.69. The molecule has 1 amide bonds. The molecule has 2 aromatic heterocycles. The maximum Gasteiger partial charge on any atom is 0.350 e. The molecule has 0 spiro atoms. The number of esters is 1. The Morgan fingerprint density at radius 2 is 1.84 bits per heavy atom. The molecule has 7 heteroatoms. The minimum absolute atomic E-state index is 0.0778. The van der Waals surface area contributed by atoms with Crippen molar-refractivity contribution in [2.75, 3.05) is 25.5 Å². The Labute approximate surface area is 191 Å². The molecule has 1 saturated heterocycles. The average Bonchev–Trinajstić information content (AvgIpc) is 3.58. The van der Waals surface area contributed by atoms with Crippen LogP contribution in [0.3, 0.4) is 0 Å². The highest BCUT2D eigenvalue weighted by atomic mass is 32.1. The number of hydrogen-bond donors (Lipinski definition) is 1. The molecule has 0 unspecified atom stereocenters. The van der Waals surface area contributed by atoms with Crippen molar-refractivity contribution in [1.82, 2.24) is 9.88 Å². The highest BCUT2D eigenvalue weighted by molar-refractivity contribution is 7.21. The van der Waals surface area contributed by atoms with E-state index in [2.05, 4.69) is 10.2 Å². The molecule has 32 heavy (non-hydrogen) atoms. The minimum Gasteiger partial charge on any atom is -0.465 e. The summed E-state index contributed by atoms with van der Waals surface area (Å²) < 4.78 is 5.01. The Balaban J connectivity index is 1.46. The Morgan fingerprint density at radius 1 is 1.09 bits per heavy atom. The van der Waals surface area contributed by atoms with Gasteiger partial charge in [-0.15, -0.1) is 11.3 Å². The van der Waals surface area contributed by atoms with Crippen molar-refractivity contribution in [2.45, 2.75) is 44.1 Å². The van der Waals surface area contributed by atoms with Crippen molar-refractivity contribution in [3.05, 3.63) is 58.6 Å². The average molecular weight is 450 g/mol. The van der Waals surface area contributed by atoms with Crippen molar-refractivity contribution in [1.29, 1.82) is 0 Å². The molecule has 6 nitrogen and oxygen atoms in total. The summed E-state index contributed by atoms with van der Waals surface area (Å²) in [5, 5.41) is 3.86. The number of ether oxygens (including phenoxy) is 1. The first-order valence-corrected chi connectivity index (χ1v) is 12.0. The summed E-state index contributed by atoms with van der Waals surface area (Å²) in [4.78, 5) is 34.3. The minimum atomic E-state index is -0.523. The van der Waals surface area contributed by atoms with Gasteiger partial charge in [0.15, 0.2) is 0 Å². The number of amides is 1. The predicted octanol–water partition coefficient (Wildman–Crippen LogP) is 4.74. The molecule has 5 rings (SSSR count). The van der Waals surface area contributed by atoms with Gasteiger partial charge >= 0.3 is 5.97 Å². The van der Waals surface area contributed by atoms with Crippen LogP contribution in [0.25, 0.3) is 10.2 Å². The van der Waals surface area contributed by atoms with Crippen LogP contribution in [0.2, 0.25) is 0 Å². The van der Waals surface area contributed by atoms with Crippen LogP contribution in [0.5, 0.6) is 0 Å². The summed E-state index contributed by atoms with van der Waals surface area (Å²) in [6.45, 7) is 3.00. The van der Waals surface area contributed by atoms with Crippen LogP contribution >= 0.6 is 11.3 Å². The lowest BCUT2D eigenvalue weighted by Gasteiger charge is -2.25. The number of nitrogens with zero attached hydrogens (tertiary/aromatic N) is 2. The topological polar surface area (TPSA) is 71.5 Å². The van der Waals surface area contributed by atoms with Crippen molar-refractivity contribution in [3.63, 3.8) is 0 Å². The number of likely N-dealkylation sites (tertiary alicyclic amines) is 1. The first kappa shape index (κ1) is 21.1. The summed E-state index contributed by atoms with van der Waals surface area (Å²) in [6, 6.07) is 13.8. The molecule has 1 aromatic carbocycles. The molecular weight excluding hydrogens is 422 g/mol. The number of thiophene rings is 1. The van der Waals surface area contributed by atoms with Gasteiger partial charge in [-0.25, -0.2) is 9.78 Å². The molecular formula is C25H27N3O3S. The largest absolute Gasteiger partial charge is 0.465 e. The Bertz CT molecular complexity index is 1150. The Kier molecular flexibility index (Phi) is 5.69. The van der Waals surface area contributed by atoms with E-state index in [1.807, 2.05) is 42.5 Å². The molecule has 3 aromatic rings. The maximum atomic E-state index is 13.3. The zero-order valence-electron chi connectivity index (χ0n) is 18.2. The van der Waals surface area contributed by atoms with Gasteiger partial charge in [-0.2, -0.15) is 0 Å². The van der Waals surface area contributed by atoms with Gasteiger partial charge in [-0.1, -0.05) is 36.8 Å². The first-order chi connectivity index (χ1) is 15.6. The van der Waals surface area contributed by atoms with E-state index in [-0.39, 0.29) is 5.91 Å². The van der Waals surface area contributed by atoms with E-state index in [0.717, 1.165) is 53.9 Å². The third-order valence-corrected chi connectivity index (χ3v) is 7.65. The number of hydrogen-bond acceptors (Lipinski definition) is 6. The van der Waals surface area contributed by atoms with Gasteiger partial charge in [0.05, 0.1) is 23.9 Å². The van der Waals surface area contributed by atoms with Gasteiger partial charge in [0.25, 0.3) is 0 Å². The van der Waals surface area contributed by atoms with E-state index in [1.165, 1.54) is 37.7 Å². The number of piperidine rings is 1. The molecule has 1 N–H and O–H groups in total. The molecule has 1 aliphatic heterocycles. The molecule has 0 bridgehead atoms. The van der Waals surface area contributed by atoms with Gasteiger partial charge in [0.1, 0.15) is 9.71 Å². The zero-order chi connectivity index (χ0) is 22.1. The molecule has 0 radical (unpaired) electrons. The van der Waals surface area contributed by atoms with Gasteiger partial charge in [-0.3, -0.25) is 9.69 Å². The van der Waals surface area contributed by atoms with Crippen LogP contribution in [0.4, 0.5) is 5.69 Å². The zero-order valence-corrected chi connectivity index (χ0v) is 19.0. The van der Waals surface area contributed by atoms with Crippen molar-refractivity contribution in [2.24, 2.45) is 0 Å². The number of carbonyl (C=O) groups excluding carboxylic acids is 2. The third kappa shape index (κ3) is 3.91. The van der Waals surface area contributed by atoms with Crippen molar-refractivity contribution < 1.29 is 14.3 Å². The van der Waals surface area contributed by atoms with Crippen LogP contribution in [0, 0.1) is 0 Å². The van der Waals surface area contributed by atoms with Gasteiger partial charge in [-0.05, 0) is 56.5 Å². The molecule has 2 fully saturated rings. The SMILES string of the molecule is COC(=O)c1sc2nc(CN3CCCCC3)ccc2c1NC(=O)C1(c2ccccc2)CC1. The molecule has 1 saturated carbocycles. The van der Waals surface area contributed by atoms with Crippen LogP contribution in [-0.4, -0.2) is 42.0 Å². The molecule has 166 valence electrons. The van der Waals surface area contributed by atoms with Crippen LogP contribution in [0.1, 0.15) is 53.0 Å². The number of fused-ring (bicyclic) bond motifs is 1. The number of benzene rings is 1. The Morgan fingerprint density at radius 3 is 2.53 bits per heavy atom. The van der Waals surface area contributed by atoms with E-state index in [4.69, 9.17) is 9.72 Å².